The third-order valence-corrected chi connectivity index (χ3v) is 4.74. The summed E-state index contributed by atoms with van der Waals surface area (Å²) in [6.07, 6.45) is 5.90. The summed E-state index contributed by atoms with van der Waals surface area (Å²) in [4.78, 5) is 0. The van der Waals surface area contributed by atoms with Crippen LogP contribution in [0.2, 0.25) is 0 Å². The van der Waals surface area contributed by atoms with Crippen molar-refractivity contribution in [1.82, 2.24) is 0 Å². The molecule has 0 radical (unpaired) electrons. The van der Waals surface area contributed by atoms with Crippen molar-refractivity contribution in [3.8, 4) is 22.3 Å². The van der Waals surface area contributed by atoms with Crippen molar-refractivity contribution in [1.29, 1.82) is 0 Å². The van der Waals surface area contributed by atoms with Gasteiger partial charge < -0.3 is 0 Å². The smallest absolute Gasteiger partial charge is 0.167 e. The Morgan fingerprint density at radius 3 is 2.12 bits per heavy atom. The third kappa shape index (κ3) is 4.19. The van der Waals surface area contributed by atoms with Gasteiger partial charge in [0.1, 0.15) is 0 Å². The molecule has 0 aliphatic heterocycles. The van der Waals surface area contributed by atoms with E-state index in [9.17, 15) is 8.78 Å². The molecule has 3 aromatic rings. The minimum absolute atomic E-state index is 0.328. The fourth-order valence-electron chi connectivity index (χ4n) is 3.29. The monoisotopic (exact) mass is 350 g/mol. The van der Waals surface area contributed by atoms with Crippen molar-refractivity contribution in [3.63, 3.8) is 0 Å². The van der Waals surface area contributed by atoms with E-state index >= 15 is 0 Å². The quantitative estimate of drug-likeness (QED) is 0.389. The molecule has 0 spiro atoms. The third-order valence-electron chi connectivity index (χ3n) is 4.74. The van der Waals surface area contributed by atoms with E-state index < -0.39 is 11.6 Å². The maximum Gasteiger partial charge on any atom is 0.167 e. The SMILES string of the molecule is CCCCCCc1ccc(-c2c(-c3ccccc3)ccc(F)c2F)cc1. The van der Waals surface area contributed by atoms with Gasteiger partial charge in [0.2, 0.25) is 0 Å². The Bertz CT molecular complexity index is 836. The summed E-state index contributed by atoms with van der Waals surface area (Å²) in [7, 11) is 0. The van der Waals surface area contributed by atoms with E-state index in [2.05, 4.69) is 6.92 Å². The summed E-state index contributed by atoms with van der Waals surface area (Å²) < 4.78 is 28.6. The Hall–Kier alpha value is -2.48. The summed E-state index contributed by atoms with van der Waals surface area (Å²) in [5, 5.41) is 0. The Labute approximate surface area is 154 Å². The van der Waals surface area contributed by atoms with Gasteiger partial charge in [-0.3, -0.25) is 0 Å². The molecule has 0 nitrogen and oxygen atoms in total. The molecule has 0 fully saturated rings. The van der Waals surface area contributed by atoms with Crippen molar-refractivity contribution in [2.75, 3.05) is 0 Å². The van der Waals surface area contributed by atoms with Crippen molar-refractivity contribution < 1.29 is 8.78 Å². The van der Waals surface area contributed by atoms with Crippen LogP contribution in [0.3, 0.4) is 0 Å². The predicted molar refractivity (Wildman–Crippen MR) is 105 cm³/mol. The molecular weight excluding hydrogens is 326 g/mol. The Kier molecular flexibility index (Phi) is 6.17. The lowest BCUT2D eigenvalue weighted by molar-refractivity contribution is 0.511. The molecule has 0 amide bonds. The first-order valence-corrected chi connectivity index (χ1v) is 9.33. The van der Waals surface area contributed by atoms with Gasteiger partial charge in [-0.2, -0.15) is 0 Å². The van der Waals surface area contributed by atoms with E-state index in [-0.39, 0.29) is 0 Å². The molecule has 0 aliphatic rings. The number of hydrogen-bond acceptors (Lipinski definition) is 0. The molecule has 0 N–H and O–H groups in total. The summed E-state index contributed by atoms with van der Waals surface area (Å²) in [6, 6.07) is 20.3. The summed E-state index contributed by atoms with van der Waals surface area (Å²) in [5.41, 5.74) is 3.86. The highest BCUT2D eigenvalue weighted by atomic mass is 19.2. The zero-order valence-corrected chi connectivity index (χ0v) is 15.1. The van der Waals surface area contributed by atoms with Gasteiger partial charge in [-0.1, -0.05) is 86.8 Å². The van der Waals surface area contributed by atoms with E-state index in [0.29, 0.717) is 16.7 Å². The zero-order chi connectivity index (χ0) is 18.4. The average molecular weight is 350 g/mol. The topological polar surface area (TPSA) is 0 Å². The molecule has 2 heteroatoms. The molecule has 0 aromatic heterocycles. The van der Waals surface area contributed by atoms with Gasteiger partial charge in [0.15, 0.2) is 11.6 Å². The minimum Gasteiger partial charge on any atom is -0.204 e. The maximum atomic E-state index is 14.6. The zero-order valence-electron chi connectivity index (χ0n) is 15.1. The molecule has 134 valence electrons. The second-order valence-corrected chi connectivity index (χ2v) is 6.66. The number of aryl methyl sites for hydroxylation is 1. The number of benzene rings is 3. The Morgan fingerprint density at radius 2 is 1.42 bits per heavy atom. The van der Waals surface area contributed by atoms with Gasteiger partial charge in [-0.15, -0.1) is 0 Å². The van der Waals surface area contributed by atoms with Crippen molar-refractivity contribution in [2.24, 2.45) is 0 Å². The van der Waals surface area contributed by atoms with E-state index in [1.54, 1.807) is 6.07 Å². The average Bonchev–Trinajstić information content (AvgIpc) is 2.68. The van der Waals surface area contributed by atoms with Crippen LogP contribution in [0.4, 0.5) is 8.78 Å². The van der Waals surface area contributed by atoms with Crippen molar-refractivity contribution >= 4 is 0 Å². The summed E-state index contributed by atoms with van der Waals surface area (Å²) >= 11 is 0. The van der Waals surface area contributed by atoms with Crippen LogP contribution in [0.25, 0.3) is 22.3 Å². The van der Waals surface area contributed by atoms with Crippen LogP contribution >= 0.6 is 0 Å². The molecule has 3 aromatic carbocycles. The first kappa shape index (κ1) is 18.3. The van der Waals surface area contributed by atoms with E-state index in [1.807, 2.05) is 54.6 Å². The summed E-state index contributed by atoms with van der Waals surface area (Å²) in [6.45, 7) is 2.20. The standard InChI is InChI=1S/C24H24F2/c1-2-3-4-6-9-18-12-14-20(15-13-18)23-21(16-17-22(25)24(23)26)19-10-7-5-8-11-19/h5,7-8,10-17H,2-4,6,9H2,1H3. The normalized spacial score (nSPS) is 10.9. The van der Waals surface area contributed by atoms with Crippen LogP contribution in [0.15, 0.2) is 66.7 Å². The lowest BCUT2D eigenvalue weighted by Crippen LogP contribution is -1.94. The fraction of sp³-hybridized carbons (Fsp3) is 0.250. The Morgan fingerprint density at radius 1 is 0.692 bits per heavy atom. The lowest BCUT2D eigenvalue weighted by Gasteiger charge is -2.13. The molecule has 0 unspecified atom stereocenters. The molecule has 0 heterocycles. The van der Waals surface area contributed by atoms with E-state index in [0.717, 1.165) is 18.4 Å². The van der Waals surface area contributed by atoms with Crippen LogP contribution < -0.4 is 0 Å². The first-order valence-electron chi connectivity index (χ1n) is 9.33. The maximum absolute atomic E-state index is 14.6. The van der Waals surface area contributed by atoms with Crippen LogP contribution in [-0.4, -0.2) is 0 Å². The van der Waals surface area contributed by atoms with Crippen LogP contribution in [0.1, 0.15) is 38.2 Å². The van der Waals surface area contributed by atoms with Gasteiger partial charge in [-0.25, -0.2) is 8.78 Å². The van der Waals surface area contributed by atoms with Crippen LogP contribution in [0, 0.1) is 11.6 Å². The van der Waals surface area contributed by atoms with Gasteiger partial charge >= 0.3 is 0 Å². The van der Waals surface area contributed by atoms with Gasteiger partial charge in [-0.05, 0) is 41.2 Å². The molecular formula is C24H24F2. The van der Waals surface area contributed by atoms with Gasteiger partial charge in [0.05, 0.1) is 0 Å². The Balaban J connectivity index is 1.92. The highest BCUT2D eigenvalue weighted by molar-refractivity contribution is 5.84. The van der Waals surface area contributed by atoms with E-state index in [4.69, 9.17) is 0 Å². The minimum atomic E-state index is -0.816. The molecule has 26 heavy (non-hydrogen) atoms. The predicted octanol–water partition coefficient (Wildman–Crippen LogP) is 7.42. The molecule has 0 saturated heterocycles. The molecule has 0 aliphatic carbocycles. The molecule has 0 bridgehead atoms. The van der Waals surface area contributed by atoms with E-state index in [1.165, 1.54) is 30.9 Å². The lowest BCUT2D eigenvalue weighted by atomic mass is 9.93. The molecule has 0 saturated carbocycles. The number of hydrogen-bond donors (Lipinski definition) is 0. The van der Waals surface area contributed by atoms with Gasteiger partial charge in [0, 0.05) is 5.56 Å². The highest BCUT2D eigenvalue weighted by Gasteiger charge is 2.16. The summed E-state index contributed by atoms with van der Waals surface area (Å²) in [5.74, 6) is -1.61. The number of halogens is 2. The second kappa shape index (κ2) is 8.75. The number of rotatable bonds is 7. The molecule has 0 atom stereocenters. The molecule has 3 rings (SSSR count). The van der Waals surface area contributed by atoms with Crippen LogP contribution in [0.5, 0.6) is 0 Å². The van der Waals surface area contributed by atoms with Crippen LogP contribution in [-0.2, 0) is 6.42 Å². The van der Waals surface area contributed by atoms with Crippen molar-refractivity contribution in [3.05, 3.63) is 83.9 Å². The second-order valence-electron chi connectivity index (χ2n) is 6.66. The first-order chi connectivity index (χ1) is 12.7. The van der Waals surface area contributed by atoms with Gasteiger partial charge in [0.25, 0.3) is 0 Å². The van der Waals surface area contributed by atoms with Crippen molar-refractivity contribution in [2.45, 2.75) is 39.0 Å². The fourth-order valence-corrected chi connectivity index (χ4v) is 3.29. The number of unbranched alkanes of at least 4 members (excludes halogenated alkanes) is 3. The highest BCUT2D eigenvalue weighted by Crippen LogP contribution is 2.35. The largest absolute Gasteiger partial charge is 0.204 e.